The van der Waals surface area contributed by atoms with E-state index in [1.54, 1.807) is 13.3 Å². The molecule has 3 heterocycles. The molecule has 8 nitrogen and oxygen atoms in total. The first-order valence-electron chi connectivity index (χ1n) is 9.46. The number of aromatic nitrogens is 2. The Morgan fingerprint density at radius 3 is 2.93 bits per heavy atom. The molecule has 9 heteroatoms. The minimum absolute atomic E-state index is 0.0146. The van der Waals surface area contributed by atoms with Crippen molar-refractivity contribution >= 4 is 22.6 Å². The first-order valence-corrected chi connectivity index (χ1v) is 10.2. The zero-order valence-electron chi connectivity index (χ0n) is 16.6. The van der Waals surface area contributed by atoms with E-state index in [1.165, 1.54) is 11.5 Å². The first kappa shape index (κ1) is 20.5. The summed E-state index contributed by atoms with van der Waals surface area (Å²) in [4.78, 5) is 19.5. The van der Waals surface area contributed by atoms with Gasteiger partial charge in [0.05, 0.1) is 19.0 Å². The highest BCUT2D eigenvalue weighted by molar-refractivity contribution is 7.10. The highest BCUT2D eigenvalue weighted by atomic mass is 32.1. The number of urea groups is 1. The fourth-order valence-electron chi connectivity index (χ4n) is 3.44. The summed E-state index contributed by atoms with van der Waals surface area (Å²) in [5.74, 6) is 0.847. The molecule has 28 heavy (non-hydrogen) atoms. The minimum Gasteiger partial charge on any atom is -0.495 e. The molecule has 1 aliphatic rings. The van der Waals surface area contributed by atoms with Gasteiger partial charge in [-0.2, -0.15) is 4.37 Å². The van der Waals surface area contributed by atoms with Crippen molar-refractivity contribution in [2.45, 2.75) is 25.3 Å². The molecule has 2 atom stereocenters. The van der Waals surface area contributed by atoms with Crippen molar-refractivity contribution in [3.63, 3.8) is 0 Å². The SMILES string of the molecule is CNCCN1CCC(NC(=O)Nc2cc(C)ns2)C(c2ccc(OC)cn2)C1. The topological polar surface area (TPSA) is 91.4 Å². The smallest absolute Gasteiger partial charge is 0.320 e. The van der Waals surface area contributed by atoms with E-state index in [0.29, 0.717) is 0 Å². The van der Waals surface area contributed by atoms with Gasteiger partial charge < -0.3 is 20.3 Å². The lowest BCUT2D eigenvalue weighted by Crippen LogP contribution is -2.51. The second-order valence-corrected chi connectivity index (χ2v) is 7.76. The number of carbonyl (C=O) groups excluding carboxylic acids is 1. The molecule has 3 rings (SSSR count). The molecule has 0 bridgehead atoms. The lowest BCUT2D eigenvalue weighted by atomic mass is 9.89. The van der Waals surface area contributed by atoms with Crippen LogP contribution in [0.2, 0.25) is 0 Å². The monoisotopic (exact) mass is 404 g/mol. The fourth-order valence-corrected chi connectivity index (χ4v) is 4.09. The molecular weight excluding hydrogens is 376 g/mol. The summed E-state index contributed by atoms with van der Waals surface area (Å²) in [6, 6.07) is 5.60. The molecule has 152 valence electrons. The standard InChI is InChI=1S/C19H28N6O2S/c1-13-10-18(28-24-13)23-19(26)22-17-6-8-25(9-7-20-2)12-15(17)16-5-4-14(27-3)11-21-16/h4-5,10-11,15,17,20H,6-9,12H2,1-3H3,(H2,22,23,26). The van der Waals surface area contributed by atoms with Gasteiger partial charge in [-0.25, -0.2) is 4.79 Å². The molecule has 3 N–H and O–H groups in total. The maximum atomic E-state index is 12.5. The van der Waals surface area contributed by atoms with E-state index in [0.717, 1.165) is 54.7 Å². The number of anilines is 1. The summed E-state index contributed by atoms with van der Waals surface area (Å²) >= 11 is 1.29. The van der Waals surface area contributed by atoms with E-state index < -0.39 is 0 Å². The van der Waals surface area contributed by atoms with Gasteiger partial charge in [0.2, 0.25) is 0 Å². The summed E-state index contributed by atoms with van der Waals surface area (Å²) < 4.78 is 9.42. The number of likely N-dealkylation sites (N-methyl/N-ethyl adjacent to an activating group) is 1. The van der Waals surface area contributed by atoms with Crippen LogP contribution < -0.4 is 20.7 Å². The van der Waals surface area contributed by atoms with Crippen LogP contribution in [0.1, 0.15) is 23.7 Å². The molecular formula is C19H28N6O2S. The Kier molecular flexibility index (Phi) is 7.18. The van der Waals surface area contributed by atoms with Gasteiger partial charge >= 0.3 is 6.03 Å². The molecule has 0 aromatic carbocycles. The van der Waals surface area contributed by atoms with Crippen LogP contribution in [0.25, 0.3) is 0 Å². The lowest BCUT2D eigenvalue weighted by Gasteiger charge is -2.38. The van der Waals surface area contributed by atoms with Crippen molar-refractivity contribution in [1.29, 1.82) is 0 Å². The number of nitrogens with zero attached hydrogens (tertiary/aromatic N) is 3. The Morgan fingerprint density at radius 2 is 2.29 bits per heavy atom. The molecule has 2 unspecified atom stereocenters. The number of ether oxygens (including phenoxy) is 1. The van der Waals surface area contributed by atoms with Gasteiger partial charge in [0.25, 0.3) is 0 Å². The maximum Gasteiger partial charge on any atom is 0.320 e. The van der Waals surface area contributed by atoms with Crippen molar-refractivity contribution in [2.24, 2.45) is 0 Å². The highest BCUT2D eigenvalue weighted by Crippen LogP contribution is 2.27. The molecule has 2 amide bonds. The zero-order chi connectivity index (χ0) is 19.9. The molecule has 0 aliphatic carbocycles. The molecule has 1 saturated heterocycles. The Hall–Kier alpha value is -2.23. The zero-order valence-corrected chi connectivity index (χ0v) is 17.4. The number of piperidine rings is 1. The van der Waals surface area contributed by atoms with Crippen LogP contribution in [0.5, 0.6) is 5.75 Å². The van der Waals surface area contributed by atoms with Crippen molar-refractivity contribution in [2.75, 3.05) is 45.7 Å². The van der Waals surface area contributed by atoms with Gasteiger partial charge in [-0.15, -0.1) is 0 Å². The van der Waals surface area contributed by atoms with Gasteiger partial charge in [0, 0.05) is 43.8 Å². The number of pyridine rings is 1. The van der Waals surface area contributed by atoms with Gasteiger partial charge in [-0.05, 0) is 50.1 Å². The highest BCUT2D eigenvalue weighted by Gasteiger charge is 2.32. The normalized spacial score (nSPS) is 20.0. The number of methoxy groups -OCH3 is 1. The van der Waals surface area contributed by atoms with E-state index in [-0.39, 0.29) is 18.0 Å². The molecule has 0 spiro atoms. The summed E-state index contributed by atoms with van der Waals surface area (Å²) in [6.45, 7) is 5.62. The Labute approximate surface area is 169 Å². The number of aryl methyl sites for hydroxylation is 1. The maximum absolute atomic E-state index is 12.5. The number of nitrogens with one attached hydrogen (secondary N) is 3. The Morgan fingerprint density at radius 1 is 1.43 bits per heavy atom. The lowest BCUT2D eigenvalue weighted by molar-refractivity contribution is 0.174. The summed E-state index contributed by atoms with van der Waals surface area (Å²) in [5.41, 5.74) is 1.87. The molecule has 1 fully saturated rings. The molecule has 2 aromatic heterocycles. The van der Waals surface area contributed by atoms with Crippen LogP contribution in [0, 0.1) is 6.92 Å². The van der Waals surface area contributed by atoms with Crippen LogP contribution in [0.15, 0.2) is 24.4 Å². The Bertz CT molecular complexity index is 766. The van der Waals surface area contributed by atoms with Crippen molar-refractivity contribution in [3.8, 4) is 5.75 Å². The van der Waals surface area contributed by atoms with Gasteiger partial charge in [-0.1, -0.05) is 0 Å². The number of likely N-dealkylation sites (tertiary alicyclic amines) is 1. The molecule has 0 radical (unpaired) electrons. The molecule has 2 aromatic rings. The van der Waals surface area contributed by atoms with Crippen LogP contribution in [-0.2, 0) is 0 Å². The van der Waals surface area contributed by atoms with Crippen LogP contribution in [-0.4, -0.2) is 66.7 Å². The quantitative estimate of drug-likeness (QED) is 0.654. The molecule has 1 aliphatic heterocycles. The van der Waals surface area contributed by atoms with Crippen molar-refractivity contribution in [1.82, 2.24) is 24.9 Å². The van der Waals surface area contributed by atoms with E-state index in [1.807, 2.05) is 32.2 Å². The van der Waals surface area contributed by atoms with Gasteiger partial charge in [-0.3, -0.25) is 10.3 Å². The molecule has 0 saturated carbocycles. The third-order valence-electron chi connectivity index (χ3n) is 4.93. The van der Waals surface area contributed by atoms with Crippen molar-refractivity contribution in [3.05, 3.63) is 35.8 Å². The predicted octanol–water partition coefficient (Wildman–Crippen LogP) is 2.05. The van der Waals surface area contributed by atoms with Crippen LogP contribution in [0.3, 0.4) is 0 Å². The predicted molar refractivity (Wildman–Crippen MR) is 111 cm³/mol. The third kappa shape index (κ3) is 5.40. The van der Waals surface area contributed by atoms with E-state index in [2.05, 4.69) is 30.2 Å². The fraction of sp³-hybridized carbons (Fsp3) is 0.526. The number of hydrogen-bond donors (Lipinski definition) is 3. The summed E-state index contributed by atoms with van der Waals surface area (Å²) in [5, 5.41) is 9.98. The number of rotatable bonds is 7. The number of amides is 2. The summed E-state index contributed by atoms with van der Waals surface area (Å²) in [6.07, 6.45) is 2.61. The summed E-state index contributed by atoms with van der Waals surface area (Å²) in [7, 11) is 3.59. The average Bonchev–Trinajstić information content (AvgIpc) is 3.11. The van der Waals surface area contributed by atoms with Crippen molar-refractivity contribution < 1.29 is 9.53 Å². The average molecular weight is 405 g/mol. The third-order valence-corrected chi connectivity index (χ3v) is 5.73. The second kappa shape index (κ2) is 9.81. The van der Waals surface area contributed by atoms with E-state index in [9.17, 15) is 4.79 Å². The number of carbonyl (C=O) groups is 1. The van der Waals surface area contributed by atoms with E-state index >= 15 is 0 Å². The first-order chi connectivity index (χ1) is 13.6. The van der Waals surface area contributed by atoms with Crippen LogP contribution in [0.4, 0.5) is 9.80 Å². The number of hydrogen-bond acceptors (Lipinski definition) is 7. The minimum atomic E-state index is -0.198. The Balaban J connectivity index is 1.69. The second-order valence-electron chi connectivity index (χ2n) is 6.96. The largest absolute Gasteiger partial charge is 0.495 e. The van der Waals surface area contributed by atoms with E-state index in [4.69, 9.17) is 4.74 Å². The van der Waals surface area contributed by atoms with Gasteiger partial charge in [0.15, 0.2) is 0 Å². The van der Waals surface area contributed by atoms with Gasteiger partial charge in [0.1, 0.15) is 10.8 Å². The van der Waals surface area contributed by atoms with Crippen LogP contribution >= 0.6 is 11.5 Å².